The van der Waals surface area contributed by atoms with Crippen LogP contribution in [0.4, 0.5) is 5.69 Å². The molecule has 0 atom stereocenters. The molecule has 1 amide bonds. The molecule has 2 rings (SSSR count). The molecule has 1 aromatic rings. The number of nitrogens with one attached hydrogen (secondary N) is 1. The summed E-state index contributed by atoms with van der Waals surface area (Å²) in [5, 5.41) is 3.03. The molecule has 1 fully saturated rings. The lowest BCUT2D eigenvalue weighted by molar-refractivity contribution is -0.117. The SMILES string of the molecule is CC(C)c1ccccc1NC(=O)CC1(N)CCCC1. The van der Waals surface area contributed by atoms with E-state index in [1.165, 1.54) is 5.56 Å². The third-order valence-corrected chi connectivity index (χ3v) is 3.97. The molecule has 0 radical (unpaired) electrons. The molecule has 1 aliphatic carbocycles. The molecule has 3 N–H and O–H groups in total. The average molecular weight is 260 g/mol. The van der Waals surface area contributed by atoms with Crippen molar-refractivity contribution >= 4 is 11.6 Å². The van der Waals surface area contributed by atoms with Crippen LogP contribution in [0.15, 0.2) is 24.3 Å². The number of hydrogen-bond acceptors (Lipinski definition) is 2. The summed E-state index contributed by atoms with van der Waals surface area (Å²) in [5.74, 6) is 0.437. The van der Waals surface area contributed by atoms with Crippen molar-refractivity contribution in [2.45, 2.75) is 57.4 Å². The van der Waals surface area contributed by atoms with Gasteiger partial charge in [0, 0.05) is 17.6 Å². The van der Waals surface area contributed by atoms with Crippen molar-refractivity contribution in [2.24, 2.45) is 5.73 Å². The molecule has 0 bridgehead atoms. The van der Waals surface area contributed by atoms with Crippen molar-refractivity contribution < 1.29 is 4.79 Å². The van der Waals surface area contributed by atoms with E-state index in [0.717, 1.165) is 31.4 Å². The van der Waals surface area contributed by atoms with Gasteiger partial charge in [-0.05, 0) is 30.4 Å². The molecule has 0 aliphatic heterocycles. The highest BCUT2D eigenvalue weighted by Gasteiger charge is 2.31. The maximum atomic E-state index is 12.2. The summed E-state index contributed by atoms with van der Waals surface area (Å²) < 4.78 is 0. The Labute approximate surface area is 115 Å². The Balaban J connectivity index is 2.03. The van der Waals surface area contributed by atoms with Gasteiger partial charge in [-0.2, -0.15) is 0 Å². The lowest BCUT2D eigenvalue weighted by Crippen LogP contribution is -2.40. The highest BCUT2D eigenvalue weighted by molar-refractivity contribution is 5.92. The van der Waals surface area contributed by atoms with Crippen LogP contribution >= 0.6 is 0 Å². The summed E-state index contributed by atoms with van der Waals surface area (Å²) in [5.41, 5.74) is 8.06. The number of carbonyl (C=O) groups excluding carboxylic acids is 1. The number of carbonyl (C=O) groups is 1. The molecule has 0 spiro atoms. The van der Waals surface area contributed by atoms with E-state index in [1.54, 1.807) is 0 Å². The van der Waals surface area contributed by atoms with Crippen LogP contribution < -0.4 is 11.1 Å². The lowest BCUT2D eigenvalue weighted by Gasteiger charge is -2.23. The van der Waals surface area contributed by atoms with Gasteiger partial charge < -0.3 is 11.1 Å². The summed E-state index contributed by atoms with van der Waals surface area (Å²) in [6.45, 7) is 4.26. The molecule has 0 aromatic heterocycles. The monoisotopic (exact) mass is 260 g/mol. The Bertz CT molecular complexity index is 448. The van der Waals surface area contributed by atoms with E-state index >= 15 is 0 Å². The Morgan fingerprint density at radius 1 is 1.32 bits per heavy atom. The maximum absolute atomic E-state index is 12.2. The second kappa shape index (κ2) is 5.74. The fraction of sp³-hybridized carbons (Fsp3) is 0.562. The Hall–Kier alpha value is -1.35. The van der Waals surface area contributed by atoms with Crippen molar-refractivity contribution in [2.75, 3.05) is 5.32 Å². The topological polar surface area (TPSA) is 55.1 Å². The first-order valence-corrected chi connectivity index (χ1v) is 7.18. The minimum Gasteiger partial charge on any atom is -0.326 e. The zero-order valence-corrected chi connectivity index (χ0v) is 11.9. The van der Waals surface area contributed by atoms with Crippen LogP contribution in [0.25, 0.3) is 0 Å². The van der Waals surface area contributed by atoms with E-state index in [2.05, 4.69) is 25.2 Å². The van der Waals surface area contributed by atoms with Crippen LogP contribution in [0.3, 0.4) is 0 Å². The summed E-state index contributed by atoms with van der Waals surface area (Å²) in [6, 6.07) is 7.99. The third kappa shape index (κ3) is 3.57. The van der Waals surface area contributed by atoms with Gasteiger partial charge in [-0.15, -0.1) is 0 Å². The normalized spacial score (nSPS) is 17.7. The smallest absolute Gasteiger partial charge is 0.226 e. The van der Waals surface area contributed by atoms with Gasteiger partial charge in [0.05, 0.1) is 0 Å². The maximum Gasteiger partial charge on any atom is 0.226 e. The predicted octanol–water partition coefficient (Wildman–Crippen LogP) is 3.41. The standard InChI is InChI=1S/C16H24N2O/c1-12(2)13-7-3-4-8-14(13)18-15(19)11-16(17)9-5-6-10-16/h3-4,7-8,12H,5-6,9-11,17H2,1-2H3,(H,18,19). The molecule has 3 heteroatoms. The van der Waals surface area contributed by atoms with Gasteiger partial charge in [0.2, 0.25) is 5.91 Å². The fourth-order valence-electron chi connectivity index (χ4n) is 2.88. The summed E-state index contributed by atoms with van der Waals surface area (Å²) in [6.07, 6.45) is 4.65. The molecule has 1 aromatic carbocycles. The van der Waals surface area contributed by atoms with Crippen LogP contribution in [0, 0.1) is 0 Å². The van der Waals surface area contributed by atoms with E-state index in [4.69, 9.17) is 5.73 Å². The molecular formula is C16H24N2O. The number of hydrogen-bond donors (Lipinski definition) is 2. The van der Waals surface area contributed by atoms with Gasteiger partial charge in [0.1, 0.15) is 0 Å². The number of benzene rings is 1. The zero-order valence-electron chi connectivity index (χ0n) is 11.9. The van der Waals surface area contributed by atoms with Crippen molar-refractivity contribution in [3.8, 4) is 0 Å². The fourth-order valence-corrected chi connectivity index (χ4v) is 2.88. The number of rotatable bonds is 4. The van der Waals surface area contributed by atoms with E-state index in [9.17, 15) is 4.79 Å². The first-order valence-electron chi connectivity index (χ1n) is 7.18. The molecule has 104 valence electrons. The minimum absolute atomic E-state index is 0.0394. The lowest BCUT2D eigenvalue weighted by atomic mass is 9.94. The number of amides is 1. The summed E-state index contributed by atoms with van der Waals surface area (Å²) >= 11 is 0. The first kappa shape index (κ1) is 14.1. The molecule has 19 heavy (non-hydrogen) atoms. The molecule has 1 aliphatic rings. The zero-order chi connectivity index (χ0) is 13.9. The molecular weight excluding hydrogens is 236 g/mol. The minimum atomic E-state index is -0.281. The van der Waals surface area contributed by atoms with Crippen LogP contribution in [-0.4, -0.2) is 11.4 Å². The largest absolute Gasteiger partial charge is 0.326 e. The second-order valence-corrected chi connectivity index (χ2v) is 6.04. The average Bonchev–Trinajstić information content (AvgIpc) is 2.75. The van der Waals surface area contributed by atoms with Gasteiger partial charge in [-0.3, -0.25) is 4.79 Å². The molecule has 0 saturated heterocycles. The van der Waals surface area contributed by atoms with Gasteiger partial charge in [-0.1, -0.05) is 44.9 Å². The number of anilines is 1. The van der Waals surface area contributed by atoms with Crippen LogP contribution in [0.2, 0.25) is 0 Å². The predicted molar refractivity (Wildman–Crippen MR) is 79.2 cm³/mol. The Morgan fingerprint density at radius 3 is 2.58 bits per heavy atom. The number of nitrogens with two attached hydrogens (primary N) is 1. The van der Waals surface area contributed by atoms with Crippen molar-refractivity contribution in [3.05, 3.63) is 29.8 Å². The Kier molecular flexibility index (Phi) is 4.25. The van der Waals surface area contributed by atoms with Gasteiger partial charge in [0.25, 0.3) is 0 Å². The van der Waals surface area contributed by atoms with Crippen molar-refractivity contribution in [1.82, 2.24) is 0 Å². The van der Waals surface area contributed by atoms with Crippen molar-refractivity contribution in [1.29, 1.82) is 0 Å². The molecule has 3 nitrogen and oxygen atoms in total. The van der Waals surface area contributed by atoms with Crippen LogP contribution in [0.1, 0.15) is 57.4 Å². The quantitative estimate of drug-likeness (QED) is 0.871. The van der Waals surface area contributed by atoms with Crippen molar-refractivity contribution in [3.63, 3.8) is 0 Å². The molecule has 0 heterocycles. The highest BCUT2D eigenvalue weighted by atomic mass is 16.1. The van der Waals surface area contributed by atoms with Crippen LogP contribution in [0.5, 0.6) is 0 Å². The molecule has 0 unspecified atom stereocenters. The van der Waals surface area contributed by atoms with E-state index in [-0.39, 0.29) is 11.4 Å². The van der Waals surface area contributed by atoms with E-state index < -0.39 is 0 Å². The molecule has 1 saturated carbocycles. The highest BCUT2D eigenvalue weighted by Crippen LogP contribution is 2.31. The van der Waals surface area contributed by atoms with E-state index in [1.807, 2.05) is 18.2 Å². The third-order valence-electron chi connectivity index (χ3n) is 3.97. The summed E-state index contributed by atoms with van der Waals surface area (Å²) in [4.78, 5) is 12.2. The van der Waals surface area contributed by atoms with Crippen LogP contribution in [-0.2, 0) is 4.79 Å². The summed E-state index contributed by atoms with van der Waals surface area (Å²) in [7, 11) is 0. The van der Waals surface area contributed by atoms with E-state index in [0.29, 0.717) is 12.3 Å². The van der Waals surface area contributed by atoms with Gasteiger partial charge in [-0.25, -0.2) is 0 Å². The van der Waals surface area contributed by atoms with Gasteiger partial charge in [0.15, 0.2) is 0 Å². The first-order chi connectivity index (χ1) is 9.00. The second-order valence-electron chi connectivity index (χ2n) is 6.04. The number of para-hydroxylation sites is 1. The van der Waals surface area contributed by atoms with Gasteiger partial charge >= 0.3 is 0 Å². The Morgan fingerprint density at radius 2 is 1.95 bits per heavy atom.